The van der Waals surface area contributed by atoms with Crippen LogP contribution in [0.3, 0.4) is 0 Å². The lowest BCUT2D eigenvalue weighted by molar-refractivity contribution is -0.138. The molecule has 0 saturated carbocycles. The van der Waals surface area contributed by atoms with Gasteiger partial charge in [-0.25, -0.2) is 0 Å². The normalized spacial score (nSPS) is 46.4. The van der Waals surface area contributed by atoms with E-state index in [0.29, 0.717) is 11.8 Å². The molecule has 1 aliphatic heterocycles. The lowest BCUT2D eigenvalue weighted by Crippen LogP contribution is -2.47. The summed E-state index contributed by atoms with van der Waals surface area (Å²) in [5.41, 5.74) is 0.253. The third kappa shape index (κ3) is 2.20. The Morgan fingerprint density at radius 3 is 2.38 bits per heavy atom. The number of hydrogen-bond donors (Lipinski definition) is 1. The van der Waals surface area contributed by atoms with E-state index in [4.69, 9.17) is 4.74 Å². The fraction of sp³-hybridized carbons (Fsp3) is 1.00. The van der Waals surface area contributed by atoms with E-state index < -0.39 is 0 Å². The number of thioether (sulfide) groups is 1. The summed E-state index contributed by atoms with van der Waals surface area (Å²) in [6, 6.07) is 0. The van der Waals surface area contributed by atoms with Crippen LogP contribution in [-0.2, 0) is 4.74 Å². The van der Waals surface area contributed by atoms with Gasteiger partial charge in [0.2, 0.25) is 0 Å². The van der Waals surface area contributed by atoms with Crippen molar-refractivity contribution in [2.75, 3.05) is 6.26 Å². The van der Waals surface area contributed by atoms with Crippen molar-refractivity contribution in [1.29, 1.82) is 0 Å². The SMILES string of the molecule is CC[C@H]1OC(SC)[C@H](C)[C@H](C)[C@@H]1O. The van der Waals surface area contributed by atoms with E-state index in [1.807, 2.05) is 0 Å². The van der Waals surface area contributed by atoms with Gasteiger partial charge in [0.1, 0.15) is 5.44 Å². The van der Waals surface area contributed by atoms with Crippen LogP contribution >= 0.6 is 11.8 Å². The fourth-order valence-corrected chi connectivity index (χ4v) is 2.81. The molecule has 1 saturated heterocycles. The van der Waals surface area contributed by atoms with Crippen LogP contribution < -0.4 is 0 Å². The minimum atomic E-state index is -0.289. The zero-order valence-electron chi connectivity index (χ0n) is 8.86. The summed E-state index contributed by atoms with van der Waals surface area (Å²) in [7, 11) is 0. The van der Waals surface area contributed by atoms with Gasteiger partial charge in [0.15, 0.2) is 0 Å². The van der Waals surface area contributed by atoms with Gasteiger partial charge in [-0.1, -0.05) is 20.8 Å². The maximum absolute atomic E-state index is 9.89. The average Bonchev–Trinajstić information content (AvgIpc) is 2.15. The summed E-state index contributed by atoms with van der Waals surface area (Å²) in [5.74, 6) is 0.781. The number of ether oxygens (including phenoxy) is 1. The Balaban J connectivity index is 2.66. The molecule has 13 heavy (non-hydrogen) atoms. The van der Waals surface area contributed by atoms with E-state index in [1.165, 1.54) is 0 Å². The lowest BCUT2D eigenvalue weighted by Gasteiger charge is -2.41. The number of hydrogen-bond acceptors (Lipinski definition) is 3. The Morgan fingerprint density at radius 1 is 1.31 bits per heavy atom. The fourth-order valence-electron chi connectivity index (χ4n) is 1.88. The Morgan fingerprint density at radius 2 is 1.92 bits per heavy atom. The third-order valence-corrected chi connectivity index (χ3v) is 4.13. The number of aliphatic hydroxyl groups is 1. The maximum atomic E-state index is 9.89. The first-order valence-electron chi connectivity index (χ1n) is 4.98. The smallest absolute Gasteiger partial charge is 0.106 e. The van der Waals surface area contributed by atoms with E-state index in [9.17, 15) is 5.11 Å². The predicted octanol–water partition coefficient (Wildman–Crippen LogP) is 2.12. The molecule has 1 unspecified atom stereocenters. The van der Waals surface area contributed by atoms with Crippen LogP contribution in [0.15, 0.2) is 0 Å². The highest BCUT2D eigenvalue weighted by Gasteiger charge is 2.39. The topological polar surface area (TPSA) is 29.5 Å². The summed E-state index contributed by atoms with van der Waals surface area (Å²) < 4.78 is 5.79. The molecule has 1 aliphatic rings. The molecule has 0 amide bonds. The van der Waals surface area contributed by atoms with Gasteiger partial charge in [0.05, 0.1) is 12.2 Å². The highest BCUT2D eigenvalue weighted by Crippen LogP contribution is 2.35. The Bertz CT molecular complexity index is 143. The second-order valence-corrected chi connectivity index (χ2v) is 4.83. The molecule has 2 nitrogen and oxygen atoms in total. The minimum absolute atomic E-state index is 0.0312. The van der Waals surface area contributed by atoms with Crippen LogP contribution in [0, 0.1) is 11.8 Å². The van der Waals surface area contributed by atoms with E-state index >= 15 is 0 Å². The van der Waals surface area contributed by atoms with Crippen molar-refractivity contribution >= 4 is 11.8 Å². The van der Waals surface area contributed by atoms with Crippen molar-refractivity contribution in [3.05, 3.63) is 0 Å². The van der Waals surface area contributed by atoms with Gasteiger partial charge in [-0.3, -0.25) is 0 Å². The third-order valence-electron chi connectivity index (χ3n) is 3.12. The van der Waals surface area contributed by atoms with E-state index in [1.54, 1.807) is 11.8 Å². The summed E-state index contributed by atoms with van der Waals surface area (Å²) in [5, 5.41) is 9.89. The molecule has 1 rings (SSSR count). The van der Waals surface area contributed by atoms with E-state index in [0.717, 1.165) is 6.42 Å². The molecule has 5 atom stereocenters. The average molecular weight is 204 g/mol. The van der Waals surface area contributed by atoms with Crippen molar-refractivity contribution < 1.29 is 9.84 Å². The Kier molecular flexibility index (Phi) is 4.07. The summed E-state index contributed by atoms with van der Waals surface area (Å²) >= 11 is 1.75. The van der Waals surface area contributed by atoms with Gasteiger partial charge in [0.25, 0.3) is 0 Å². The van der Waals surface area contributed by atoms with Crippen molar-refractivity contribution in [1.82, 2.24) is 0 Å². The zero-order chi connectivity index (χ0) is 10.0. The van der Waals surface area contributed by atoms with Gasteiger partial charge >= 0.3 is 0 Å². The molecule has 1 N–H and O–H groups in total. The minimum Gasteiger partial charge on any atom is -0.390 e. The second-order valence-electron chi connectivity index (χ2n) is 3.90. The Labute approximate surface area is 85.0 Å². The molecule has 1 heterocycles. The van der Waals surface area contributed by atoms with Crippen LogP contribution in [0.1, 0.15) is 27.2 Å². The van der Waals surface area contributed by atoms with Crippen molar-refractivity contribution in [3.63, 3.8) is 0 Å². The van der Waals surface area contributed by atoms with Gasteiger partial charge < -0.3 is 9.84 Å². The van der Waals surface area contributed by atoms with Crippen LogP contribution in [0.25, 0.3) is 0 Å². The molecule has 0 aliphatic carbocycles. The second kappa shape index (κ2) is 4.67. The monoisotopic (exact) mass is 204 g/mol. The molecule has 0 spiro atoms. The molecule has 78 valence electrons. The first-order valence-corrected chi connectivity index (χ1v) is 6.26. The molecule has 0 aromatic rings. The van der Waals surface area contributed by atoms with Gasteiger partial charge in [-0.05, 0) is 24.5 Å². The van der Waals surface area contributed by atoms with E-state index in [2.05, 4.69) is 27.0 Å². The first-order chi connectivity index (χ1) is 6.11. The quantitative estimate of drug-likeness (QED) is 0.747. The van der Waals surface area contributed by atoms with Crippen LogP contribution in [0.4, 0.5) is 0 Å². The van der Waals surface area contributed by atoms with Crippen LogP contribution in [0.5, 0.6) is 0 Å². The maximum Gasteiger partial charge on any atom is 0.106 e. The zero-order valence-corrected chi connectivity index (χ0v) is 9.67. The van der Waals surface area contributed by atoms with Crippen LogP contribution in [-0.4, -0.2) is 29.0 Å². The summed E-state index contributed by atoms with van der Waals surface area (Å²) in [4.78, 5) is 0. The lowest BCUT2D eigenvalue weighted by atomic mass is 9.85. The molecule has 1 fully saturated rings. The molecule has 3 heteroatoms. The highest BCUT2D eigenvalue weighted by molar-refractivity contribution is 7.99. The molecule has 0 bridgehead atoms. The largest absolute Gasteiger partial charge is 0.390 e. The molecular formula is C10H20O2S. The first kappa shape index (κ1) is 11.3. The Hall–Kier alpha value is 0.270. The highest BCUT2D eigenvalue weighted by atomic mass is 32.2. The number of aliphatic hydroxyl groups excluding tert-OH is 1. The summed E-state index contributed by atoms with van der Waals surface area (Å²) in [6.07, 6.45) is 2.71. The molecule has 0 radical (unpaired) electrons. The van der Waals surface area contributed by atoms with Gasteiger partial charge in [0, 0.05) is 0 Å². The van der Waals surface area contributed by atoms with Crippen molar-refractivity contribution in [3.8, 4) is 0 Å². The van der Waals surface area contributed by atoms with Crippen LogP contribution in [0.2, 0.25) is 0 Å². The molecule has 0 aromatic heterocycles. The van der Waals surface area contributed by atoms with E-state index in [-0.39, 0.29) is 17.6 Å². The predicted molar refractivity (Wildman–Crippen MR) is 56.8 cm³/mol. The molecular weight excluding hydrogens is 184 g/mol. The summed E-state index contributed by atoms with van der Waals surface area (Å²) in [6.45, 7) is 6.33. The number of rotatable bonds is 2. The van der Waals surface area contributed by atoms with Gasteiger partial charge in [-0.2, -0.15) is 0 Å². The van der Waals surface area contributed by atoms with Crippen molar-refractivity contribution in [2.24, 2.45) is 11.8 Å². The molecule has 0 aromatic carbocycles. The van der Waals surface area contributed by atoms with Crippen molar-refractivity contribution in [2.45, 2.75) is 44.8 Å². The standard InChI is InChI=1S/C10H20O2S/c1-5-8-9(11)6(2)7(3)10(12-8)13-4/h6-11H,5H2,1-4H3/t6-,7+,8+,9-,10?/m0/s1. The van der Waals surface area contributed by atoms with Gasteiger partial charge in [-0.15, -0.1) is 11.8 Å².